The molecule has 0 unspecified atom stereocenters. The quantitative estimate of drug-likeness (QED) is 0.464. The zero-order valence-electron chi connectivity index (χ0n) is 15.0. The van der Waals surface area contributed by atoms with Crippen LogP contribution in [0.25, 0.3) is 0 Å². The molecule has 0 spiro atoms. The van der Waals surface area contributed by atoms with Gasteiger partial charge < -0.3 is 4.90 Å². The van der Waals surface area contributed by atoms with Crippen molar-refractivity contribution in [3.63, 3.8) is 0 Å². The summed E-state index contributed by atoms with van der Waals surface area (Å²) in [6, 6.07) is 0. The molecule has 2 fully saturated rings. The van der Waals surface area contributed by atoms with Crippen molar-refractivity contribution in [1.82, 2.24) is 9.96 Å². The first-order valence-electron chi connectivity index (χ1n) is 8.91. The summed E-state index contributed by atoms with van der Waals surface area (Å²) in [7, 11) is 0. The lowest BCUT2D eigenvalue weighted by molar-refractivity contribution is -0.159. The SMILES string of the molecule is CC1(C)CCN(C(=O)[C@H](CC2CCCC2)CN(O)C=O)C1(C)C. The fraction of sp³-hybridized carbons (Fsp3) is 0.889. The predicted molar refractivity (Wildman–Crippen MR) is 88.8 cm³/mol. The van der Waals surface area contributed by atoms with E-state index in [4.69, 9.17) is 0 Å². The van der Waals surface area contributed by atoms with Gasteiger partial charge in [0.1, 0.15) is 0 Å². The fourth-order valence-corrected chi connectivity index (χ4v) is 4.12. The van der Waals surface area contributed by atoms with Crippen LogP contribution in [0.5, 0.6) is 0 Å². The lowest BCUT2D eigenvalue weighted by Crippen LogP contribution is -2.52. The second kappa shape index (κ2) is 6.80. The first-order chi connectivity index (χ1) is 10.7. The lowest BCUT2D eigenvalue weighted by Gasteiger charge is -2.42. The topological polar surface area (TPSA) is 60.9 Å². The van der Waals surface area contributed by atoms with E-state index in [-0.39, 0.29) is 29.3 Å². The van der Waals surface area contributed by atoms with Gasteiger partial charge in [0.25, 0.3) is 0 Å². The summed E-state index contributed by atoms with van der Waals surface area (Å²) in [5, 5.41) is 10.3. The minimum atomic E-state index is -0.304. The van der Waals surface area contributed by atoms with Crippen LogP contribution in [0.4, 0.5) is 0 Å². The maximum atomic E-state index is 13.2. The van der Waals surface area contributed by atoms with Crippen molar-refractivity contribution in [3.8, 4) is 0 Å². The second-order valence-electron chi connectivity index (χ2n) is 8.49. The summed E-state index contributed by atoms with van der Waals surface area (Å²) in [4.78, 5) is 25.9. The largest absolute Gasteiger partial charge is 0.337 e. The Morgan fingerprint density at radius 1 is 1.30 bits per heavy atom. The zero-order chi connectivity index (χ0) is 17.3. The van der Waals surface area contributed by atoms with Crippen LogP contribution >= 0.6 is 0 Å². The highest BCUT2D eigenvalue weighted by Crippen LogP contribution is 2.45. The first kappa shape index (κ1) is 18.2. The van der Waals surface area contributed by atoms with Gasteiger partial charge >= 0.3 is 0 Å². The van der Waals surface area contributed by atoms with Crippen LogP contribution in [-0.2, 0) is 9.59 Å². The van der Waals surface area contributed by atoms with Crippen LogP contribution in [0.2, 0.25) is 0 Å². The number of hydroxylamine groups is 2. The summed E-state index contributed by atoms with van der Waals surface area (Å²) in [6.45, 7) is 9.52. The van der Waals surface area contributed by atoms with Gasteiger partial charge in [-0.1, -0.05) is 39.5 Å². The Labute approximate surface area is 140 Å². The third-order valence-corrected chi connectivity index (χ3v) is 6.53. The molecule has 132 valence electrons. The van der Waals surface area contributed by atoms with Crippen LogP contribution in [0.1, 0.15) is 66.2 Å². The van der Waals surface area contributed by atoms with Crippen molar-refractivity contribution in [1.29, 1.82) is 0 Å². The maximum Gasteiger partial charge on any atom is 0.233 e. The van der Waals surface area contributed by atoms with Gasteiger partial charge in [0, 0.05) is 12.1 Å². The molecular formula is C18H32N2O3. The van der Waals surface area contributed by atoms with Gasteiger partial charge in [-0.3, -0.25) is 14.8 Å². The Hall–Kier alpha value is -1.10. The van der Waals surface area contributed by atoms with Gasteiger partial charge in [0.15, 0.2) is 0 Å². The molecule has 1 atom stereocenters. The predicted octanol–water partition coefficient (Wildman–Crippen LogP) is 3.07. The van der Waals surface area contributed by atoms with E-state index in [2.05, 4.69) is 27.7 Å². The summed E-state index contributed by atoms with van der Waals surface area (Å²) in [5.41, 5.74) is -0.135. The number of amides is 2. The molecule has 0 aromatic carbocycles. The number of nitrogens with zero attached hydrogens (tertiary/aromatic N) is 2. The first-order valence-corrected chi connectivity index (χ1v) is 8.91. The fourth-order valence-electron chi connectivity index (χ4n) is 4.12. The standard InChI is InChI=1S/C18H32N2O3/c1-17(2)9-10-20(18(17,3)4)16(22)15(12-19(23)13-21)11-14-7-5-6-8-14/h13-15,23H,5-12H2,1-4H3/t15-/m1/s1. The molecule has 1 aliphatic heterocycles. The number of carbonyl (C=O) groups is 2. The van der Waals surface area contributed by atoms with Crippen molar-refractivity contribution >= 4 is 12.3 Å². The molecule has 0 aromatic rings. The summed E-state index contributed by atoms with van der Waals surface area (Å²) in [6.07, 6.45) is 6.92. The summed E-state index contributed by atoms with van der Waals surface area (Å²) >= 11 is 0. The molecular weight excluding hydrogens is 292 g/mol. The van der Waals surface area contributed by atoms with E-state index in [9.17, 15) is 14.8 Å². The Balaban J connectivity index is 2.13. The highest BCUT2D eigenvalue weighted by atomic mass is 16.5. The Bertz CT molecular complexity index is 442. The van der Waals surface area contributed by atoms with Gasteiger partial charge in [0.2, 0.25) is 12.3 Å². The summed E-state index contributed by atoms with van der Waals surface area (Å²) in [5.74, 6) is 0.331. The van der Waals surface area contributed by atoms with Crippen molar-refractivity contribution in [2.75, 3.05) is 13.1 Å². The van der Waals surface area contributed by atoms with Gasteiger partial charge in [0.05, 0.1) is 12.5 Å². The van der Waals surface area contributed by atoms with Gasteiger partial charge in [-0.15, -0.1) is 0 Å². The van der Waals surface area contributed by atoms with E-state index in [1.54, 1.807) is 0 Å². The molecule has 1 aliphatic carbocycles. The van der Waals surface area contributed by atoms with E-state index in [0.717, 1.165) is 32.2 Å². The van der Waals surface area contributed by atoms with E-state index in [1.807, 2.05) is 4.90 Å². The maximum absolute atomic E-state index is 13.2. The van der Waals surface area contributed by atoms with Gasteiger partial charge in [-0.25, -0.2) is 5.06 Å². The molecule has 0 bridgehead atoms. The smallest absolute Gasteiger partial charge is 0.233 e. The molecule has 5 heteroatoms. The monoisotopic (exact) mass is 324 g/mol. The van der Waals surface area contributed by atoms with Gasteiger partial charge in [-0.2, -0.15) is 0 Å². The molecule has 1 N–H and O–H groups in total. The lowest BCUT2D eigenvalue weighted by atomic mass is 9.75. The third-order valence-electron chi connectivity index (χ3n) is 6.53. The average Bonchev–Trinajstić information content (AvgIpc) is 3.05. The minimum Gasteiger partial charge on any atom is -0.337 e. The zero-order valence-corrected chi connectivity index (χ0v) is 15.0. The normalized spacial score (nSPS) is 24.7. The van der Waals surface area contributed by atoms with Gasteiger partial charge in [-0.05, 0) is 38.0 Å². The Morgan fingerprint density at radius 2 is 1.91 bits per heavy atom. The Morgan fingerprint density at radius 3 is 2.39 bits per heavy atom. The van der Waals surface area contributed by atoms with Crippen LogP contribution in [0.3, 0.4) is 0 Å². The molecule has 0 radical (unpaired) electrons. The van der Waals surface area contributed by atoms with E-state index in [1.165, 1.54) is 12.8 Å². The number of hydrogen-bond donors (Lipinski definition) is 1. The van der Waals surface area contributed by atoms with Crippen molar-refractivity contribution in [2.24, 2.45) is 17.3 Å². The van der Waals surface area contributed by atoms with Crippen molar-refractivity contribution in [3.05, 3.63) is 0 Å². The van der Waals surface area contributed by atoms with Crippen molar-refractivity contribution in [2.45, 2.75) is 71.8 Å². The molecule has 2 rings (SSSR count). The number of hydrogen-bond acceptors (Lipinski definition) is 3. The number of rotatable bonds is 6. The van der Waals surface area contributed by atoms with Crippen LogP contribution in [0, 0.1) is 17.3 Å². The van der Waals surface area contributed by atoms with Crippen molar-refractivity contribution < 1.29 is 14.8 Å². The third kappa shape index (κ3) is 3.70. The molecule has 1 saturated carbocycles. The van der Waals surface area contributed by atoms with Crippen LogP contribution in [0.15, 0.2) is 0 Å². The second-order valence-corrected chi connectivity index (χ2v) is 8.49. The number of carbonyl (C=O) groups excluding carboxylic acids is 2. The van der Waals surface area contributed by atoms with E-state index in [0.29, 0.717) is 17.4 Å². The van der Waals surface area contributed by atoms with Crippen LogP contribution < -0.4 is 0 Å². The molecule has 5 nitrogen and oxygen atoms in total. The minimum absolute atomic E-state index is 0.0735. The molecule has 2 amide bonds. The van der Waals surface area contributed by atoms with Crippen LogP contribution in [-0.4, -0.2) is 46.1 Å². The number of likely N-dealkylation sites (tertiary alicyclic amines) is 1. The Kier molecular flexibility index (Phi) is 5.39. The average molecular weight is 324 g/mol. The molecule has 2 aliphatic rings. The molecule has 1 heterocycles. The van der Waals surface area contributed by atoms with E-state index >= 15 is 0 Å². The molecule has 0 aromatic heterocycles. The highest BCUT2D eigenvalue weighted by Gasteiger charge is 2.50. The van der Waals surface area contributed by atoms with E-state index < -0.39 is 0 Å². The summed E-state index contributed by atoms with van der Waals surface area (Å²) < 4.78 is 0. The molecule has 23 heavy (non-hydrogen) atoms. The highest BCUT2D eigenvalue weighted by molar-refractivity contribution is 5.80. The molecule has 1 saturated heterocycles.